The first-order chi connectivity index (χ1) is 5.91. The van der Waals surface area contributed by atoms with Crippen LogP contribution in [0.25, 0.3) is 0 Å². The van der Waals surface area contributed by atoms with E-state index >= 15 is 0 Å². The molecule has 0 heterocycles. The van der Waals surface area contributed by atoms with Crippen molar-refractivity contribution in [3.63, 3.8) is 0 Å². The van der Waals surface area contributed by atoms with Crippen molar-refractivity contribution in [2.75, 3.05) is 5.75 Å². The quantitative estimate of drug-likeness (QED) is 0.627. The Labute approximate surface area is 89.8 Å². The molecule has 2 nitrogen and oxygen atoms in total. The molecule has 0 spiro atoms. The maximum atomic E-state index is 10.4. The Morgan fingerprint density at radius 1 is 1.46 bits per heavy atom. The van der Waals surface area contributed by atoms with Crippen LogP contribution < -0.4 is 0 Å². The first-order valence-electron chi connectivity index (χ1n) is 4.08. The summed E-state index contributed by atoms with van der Waals surface area (Å²) in [4.78, 5) is 0. The Bertz CT molecular complexity index is 280. The van der Waals surface area contributed by atoms with Crippen molar-refractivity contribution < 1.29 is 8.42 Å². The molecule has 0 aromatic heterocycles. The van der Waals surface area contributed by atoms with E-state index in [9.17, 15) is 8.42 Å². The van der Waals surface area contributed by atoms with E-state index in [1.807, 2.05) is 12.2 Å². The Balaban J connectivity index is 4.38. The van der Waals surface area contributed by atoms with Gasteiger partial charge in [0.1, 0.15) is 10.7 Å². The van der Waals surface area contributed by atoms with Crippen LogP contribution in [0.5, 0.6) is 0 Å². The Morgan fingerprint density at radius 3 is 2.38 bits per heavy atom. The number of hydrogen-bond donors (Lipinski definition) is 1. The topological polar surface area (TPSA) is 34.1 Å². The lowest BCUT2D eigenvalue weighted by molar-refractivity contribution is 0.616. The number of hydrogen-bond acceptors (Lipinski definition) is 2. The van der Waals surface area contributed by atoms with Crippen LogP contribution in [0.1, 0.15) is 20.8 Å². The minimum atomic E-state index is -2.31. The normalized spacial score (nSPS) is 14.3. The van der Waals surface area contributed by atoms with Crippen molar-refractivity contribution >= 4 is 26.6 Å². The van der Waals surface area contributed by atoms with Crippen molar-refractivity contribution in [1.29, 1.82) is 0 Å². The second-order valence-corrected chi connectivity index (χ2v) is 5.17. The van der Waals surface area contributed by atoms with Crippen molar-refractivity contribution in [1.82, 2.24) is 0 Å². The van der Waals surface area contributed by atoms with Gasteiger partial charge in [0.25, 0.3) is 0 Å². The summed E-state index contributed by atoms with van der Waals surface area (Å²) in [6.07, 6.45) is 3.87. The molecule has 0 unspecified atom stereocenters. The van der Waals surface area contributed by atoms with Gasteiger partial charge in [0.2, 0.25) is 0 Å². The zero-order valence-corrected chi connectivity index (χ0v) is 10.6. The molecule has 0 saturated carbocycles. The Kier molecular flexibility index (Phi) is 6.33. The van der Waals surface area contributed by atoms with E-state index in [1.54, 1.807) is 6.92 Å². The molecular formula is C9H15BrO2S. The highest BCUT2D eigenvalue weighted by Crippen LogP contribution is 2.13. The van der Waals surface area contributed by atoms with Crippen LogP contribution in [-0.2, 0) is 10.7 Å². The minimum absolute atomic E-state index is 0.135. The third-order valence-corrected chi connectivity index (χ3v) is 2.51. The smallest absolute Gasteiger partial charge is 0.143 e. The molecular weight excluding hydrogens is 252 g/mol. The lowest BCUT2D eigenvalue weighted by atomic mass is 10.2. The Morgan fingerprint density at radius 2 is 2.00 bits per heavy atom. The zero-order chi connectivity index (χ0) is 10.4. The van der Waals surface area contributed by atoms with Crippen LogP contribution in [0.4, 0.5) is 0 Å². The van der Waals surface area contributed by atoms with Crippen LogP contribution in [0.15, 0.2) is 22.2 Å². The van der Waals surface area contributed by atoms with Crippen molar-refractivity contribution in [3.05, 3.63) is 22.2 Å². The number of rotatable bonds is 4. The Hall–Kier alpha value is -0.0900. The molecule has 13 heavy (non-hydrogen) atoms. The van der Waals surface area contributed by atoms with E-state index < -0.39 is 10.7 Å². The summed E-state index contributed by atoms with van der Waals surface area (Å²) in [5, 5.41) is 0. The fourth-order valence-electron chi connectivity index (χ4n) is 0.851. The summed E-state index contributed by atoms with van der Waals surface area (Å²) in [6.45, 7) is 5.94. The van der Waals surface area contributed by atoms with Gasteiger partial charge in [-0.15, -0.1) is 0 Å². The zero-order valence-electron chi connectivity index (χ0n) is 8.08. The molecule has 0 atom stereocenters. The van der Waals surface area contributed by atoms with Gasteiger partial charge >= 0.3 is 0 Å². The van der Waals surface area contributed by atoms with Crippen LogP contribution in [0, 0.1) is 5.92 Å². The second kappa shape index (κ2) is 6.38. The fraction of sp³-hybridized carbons (Fsp3) is 0.556. The lowest BCUT2D eigenvalue weighted by Gasteiger charge is -1.97. The number of halogens is 1. The molecule has 0 saturated heterocycles. The molecule has 0 amide bonds. The molecule has 0 bridgehead atoms. The van der Waals surface area contributed by atoms with Gasteiger partial charge in [-0.2, -0.15) is 0 Å². The van der Waals surface area contributed by atoms with E-state index in [0.29, 0.717) is 5.92 Å². The molecule has 76 valence electrons. The third-order valence-electron chi connectivity index (χ3n) is 1.26. The second-order valence-electron chi connectivity index (χ2n) is 3.28. The van der Waals surface area contributed by atoms with E-state index in [4.69, 9.17) is 0 Å². The van der Waals surface area contributed by atoms with E-state index in [1.165, 1.54) is 0 Å². The standard InChI is InChI=1S/C9H15BrO2S/c1-7(2)4-9(10)5-8(3)6-13(11)12/h4-5,7,13H,6H2,1-3H3/b8-5+,9-4+. The summed E-state index contributed by atoms with van der Waals surface area (Å²) < 4.78 is 21.7. The number of allylic oxidation sites excluding steroid dienone is 3. The van der Waals surface area contributed by atoms with Crippen molar-refractivity contribution in [3.8, 4) is 0 Å². The summed E-state index contributed by atoms with van der Waals surface area (Å²) in [6, 6.07) is 0. The van der Waals surface area contributed by atoms with E-state index in [2.05, 4.69) is 29.8 Å². The summed E-state index contributed by atoms with van der Waals surface area (Å²) in [5.41, 5.74) is 0.847. The average molecular weight is 267 g/mol. The monoisotopic (exact) mass is 266 g/mol. The maximum Gasteiger partial charge on any atom is 0.143 e. The molecule has 0 fully saturated rings. The van der Waals surface area contributed by atoms with Gasteiger partial charge in [0.05, 0.1) is 5.75 Å². The van der Waals surface area contributed by atoms with Crippen molar-refractivity contribution in [2.24, 2.45) is 5.92 Å². The SMILES string of the molecule is C/C(=C\C(Br)=C/C(C)C)C[SH](=O)=O. The van der Waals surface area contributed by atoms with Gasteiger partial charge in [-0.1, -0.05) is 41.4 Å². The highest BCUT2D eigenvalue weighted by atomic mass is 79.9. The van der Waals surface area contributed by atoms with Gasteiger partial charge in [-0.3, -0.25) is 0 Å². The largest absolute Gasteiger partial charge is 0.232 e. The van der Waals surface area contributed by atoms with Crippen molar-refractivity contribution in [2.45, 2.75) is 20.8 Å². The molecule has 0 aliphatic heterocycles. The molecule has 0 rings (SSSR count). The third kappa shape index (κ3) is 8.25. The van der Waals surface area contributed by atoms with E-state index in [0.717, 1.165) is 10.1 Å². The van der Waals surface area contributed by atoms with Crippen LogP contribution in [-0.4, -0.2) is 14.2 Å². The van der Waals surface area contributed by atoms with Gasteiger partial charge in [0.15, 0.2) is 0 Å². The molecule has 0 N–H and O–H groups in total. The summed E-state index contributed by atoms with van der Waals surface area (Å²) >= 11 is 3.36. The van der Waals surface area contributed by atoms with Gasteiger partial charge < -0.3 is 0 Å². The first kappa shape index (κ1) is 12.9. The fourth-order valence-corrected chi connectivity index (χ4v) is 2.27. The summed E-state index contributed by atoms with van der Waals surface area (Å²) in [7, 11) is -2.31. The van der Waals surface area contributed by atoms with E-state index in [-0.39, 0.29) is 5.75 Å². The summed E-state index contributed by atoms with van der Waals surface area (Å²) in [5.74, 6) is 0.593. The molecule has 0 aliphatic carbocycles. The molecule has 0 radical (unpaired) electrons. The molecule has 0 aromatic rings. The molecule has 0 aliphatic rings. The highest BCUT2D eigenvalue weighted by Gasteiger charge is 1.94. The first-order valence-corrected chi connectivity index (χ1v) is 6.23. The van der Waals surface area contributed by atoms with Gasteiger partial charge in [-0.25, -0.2) is 8.42 Å². The predicted octanol–water partition coefficient (Wildman–Crippen LogP) is 2.48. The number of thiol groups is 1. The van der Waals surface area contributed by atoms with Crippen LogP contribution in [0.3, 0.4) is 0 Å². The minimum Gasteiger partial charge on any atom is -0.232 e. The lowest BCUT2D eigenvalue weighted by Crippen LogP contribution is -1.89. The van der Waals surface area contributed by atoms with Crippen LogP contribution in [0.2, 0.25) is 0 Å². The average Bonchev–Trinajstić information content (AvgIpc) is 1.80. The van der Waals surface area contributed by atoms with Gasteiger partial charge in [-0.05, 0) is 18.9 Å². The maximum absolute atomic E-state index is 10.4. The van der Waals surface area contributed by atoms with Crippen LogP contribution >= 0.6 is 15.9 Å². The molecule has 0 aromatic carbocycles. The van der Waals surface area contributed by atoms with Gasteiger partial charge in [0, 0.05) is 4.48 Å². The molecule has 4 heteroatoms. The highest BCUT2D eigenvalue weighted by molar-refractivity contribution is 9.11. The predicted molar refractivity (Wildman–Crippen MR) is 60.8 cm³/mol.